The van der Waals surface area contributed by atoms with Crippen LogP contribution in [0.4, 0.5) is 43.4 Å². The quantitative estimate of drug-likeness (QED) is 0.126. The van der Waals surface area contributed by atoms with Gasteiger partial charge in [-0.25, -0.2) is 9.97 Å². The lowest BCUT2D eigenvalue weighted by atomic mass is 10.3. The smallest absolute Gasteiger partial charge is 0.239 e. The van der Waals surface area contributed by atoms with Crippen LogP contribution in [0.25, 0.3) is 34.0 Å². The van der Waals surface area contributed by atoms with Crippen molar-refractivity contribution >= 4 is 68.3 Å². The second-order valence-electron chi connectivity index (χ2n) is 11.6. The fourth-order valence-electron chi connectivity index (χ4n) is 5.55. The van der Waals surface area contributed by atoms with Crippen LogP contribution in [0, 0.1) is 25.5 Å². The van der Waals surface area contributed by atoms with E-state index < -0.39 is 11.6 Å². The van der Waals surface area contributed by atoms with Gasteiger partial charge in [0.15, 0.2) is 23.3 Å². The van der Waals surface area contributed by atoms with Crippen molar-refractivity contribution < 1.29 is 13.5 Å². The number of benzene rings is 4. The number of nitrogens with zero attached hydrogens (tertiary/aromatic N) is 8. The minimum absolute atomic E-state index is 0.0140. The van der Waals surface area contributed by atoms with Gasteiger partial charge in [0.2, 0.25) is 23.5 Å². The molecule has 8 aromatic rings. The lowest BCUT2D eigenvalue weighted by Gasteiger charge is -2.12. The third kappa shape index (κ3) is 7.05. The summed E-state index contributed by atoms with van der Waals surface area (Å²) in [6, 6.07) is 29.0. The Hall–Kier alpha value is -6.87. The number of fused-ring (bicyclic) bond motifs is 2. The molecule has 13 nitrogen and oxygen atoms in total. The van der Waals surface area contributed by atoms with Gasteiger partial charge in [-0.3, -0.25) is 9.13 Å². The van der Waals surface area contributed by atoms with E-state index in [0.29, 0.717) is 33.8 Å². The highest BCUT2D eigenvalue weighted by Gasteiger charge is 2.19. The Morgan fingerprint density at radius 2 is 1.00 bits per heavy atom. The largest absolute Gasteiger partial charge is 0.497 e. The molecule has 8 rings (SSSR count). The van der Waals surface area contributed by atoms with Gasteiger partial charge in [0.25, 0.3) is 0 Å². The SMILES string of the molecule is COc1ccc(Nc2nc(-n3c(C)nc4ccccc43)nc(N)c2F)cc1.Cc1nc2ccccc2n1-c1nc(N)c(F)c(Nc2ccc(Cl)cc2)n1. The molecular formula is C37H31ClF2N12O. The minimum Gasteiger partial charge on any atom is -0.497 e. The number of hydrogen-bond donors (Lipinski definition) is 4. The van der Waals surface area contributed by atoms with Crippen LogP contribution in [0.3, 0.4) is 0 Å². The van der Waals surface area contributed by atoms with Crippen LogP contribution in [0.15, 0.2) is 97.1 Å². The predicted octanol–water partition coefficient (Wildman–Crippen LogP) is 7.84. The first kappa shape index (κ1) is 34.6. The molecule has 0 atom stereocenters. The maximum atomic E-state index is 14.5. The predicted molar refractivity (Wildman–Crippen MR) is 203 cm³/mol. The molecule has 0 saturated carbocycles. The van der Waals surface area contributed by atoms with Gasteiger partial charge >= 0.3 is 0 Å². The highest BCUT2D eigenvalue weighted by molar-refractivity contribution is 6.30. The molecule has 0 aliphatic rings. The molecule has 266 valence electrons. The summed E-state index contributed by atoms with van der Waals surface area (Å²) in [5.74, 6) is 0.588. The van der Waals surface area contributed by atoms with E-state index in [-0.39, 0.29) is 35.2 Å². The van der Waals surface area contributed by atoms with Crippen molar-refractivity contribution in [2.75, 3.05) is 29.2 Å². The van der Waals surface area contributed by atoms with Crippen LogP contribution in [0.2, 0.25) is 5.02 Å². The normalized spacial score (nSPS) is 11.0. The first-order chi connectivity index (χ1) is 25.6. The van der Waals surface area contributed by atoms with Gasteiger partial charge in [-0.2, -0.15) is 28.7 Å². The number of aromatic nitrogens is 8. The maximum Gasteiger partial charge on any atom is 0.239 e. The number of ether oxygens (including phenoxy) is 1. The first-order valence-electron chi connectivity index (χ1n) is 16.1. The number of hydrogen-bond acceptors (Lipinski definition) is 11. The molecule has 16 heteroatoms. The molecule has 0 amide bonds. The number of nitrogens with two attached hydrogens (primary N) is 2. The molecule has 0 aliphatic heterocycles. The average molecular weight is 733 g/mol. The lowest BCUT2D eigenvalue weighted by Crippen LogP contribution is -2.10. The number of imidazole rings is 2. The molecule has 0 fully saturated rings. The van der Waals surface area contributed by atoms with E-state index in [1.807, 2.05) is 62.4 Å². The molecule has 6 N–H and O–H groups in total. The van der Waals surface area contributed by atoms with Crippen molar-refractivity contribution in [3.63, 3.8) is 0 Å². The van der Waals surface area contributed by atoms with E-state index in [1.165, 1.54) is 0 Å². The van der Waals surface area contributed by atoms with Crippen molar-refractivity contribution in [3.8, 4) is 17.6 Å². The zero-order chi connectivity index (χ0) is 37.2. The first-order valence-corrected chi connectivity index (χ1v) is 16.5. The monoisotopic (exact) mass is 732 g/mol. The number of halogens is 3. The average Bonchev–Trinajstić information content (AvgIpc) is 3.68. The molecule has 0 aliphatic carbocycles. The highest BCUT2D eigenvalue weighted by Crippen LogP contribution is 2.28. The fraction of sp³-hybridized carbons (Fsp3) is 0.0811. The van der Waals surface area contributed by atoms with Crippen LogP contribution in [-0.2, 0) is 0 Å². The van der Waals surface area contributed by atoms with E-state index in [2.05, 4.69) is 40.5 Å². The van der Waals surface area contributed by atoms with Crippen LogP contribution >= 0.6 is 11.6 Å². The molecule has 53 heavy (non-hydrogen) atoms. The molecule has 4 heterocycles. The van der Waals surface area contributed by atoms with Crippen molar-refractivity contribution in [1.29, 1.82) is 0 Å². The Bertz CT molecular complexity index is 2590. The van der Waals surface area contributed by atoms with E-state index in [0.717, 1.165) is 22.1 Å². The summed E-state index contributed by atoms with van der Waals surface area (Å²) in [5, 5.41) is 6.43. The molecule has 0 spiro atoms. The molecule has 0 bridgehead atoms. The van der Waals surface area contributed by atoms with Crippen LogP contribution < -0.4 is 26.8 Å². The van der Waals surface area contributed by atoms with Gasteiger partial charge in [0.1, 0.15) is 17.4 Å². The molecule has 4 aromatic carbocycles. The number of rotatable bonds is 7. The van der Waals surface area contributed by atoms with Gasteiger partial charge < -0.3 is 26.8 Å². The summed E-state index contributed by atoms with van der Waals surface area (Å²) in [4.78, 5) is 25.8. The van der Waals surface area contributed by atoms with Gasteiger partial charge in [-0.05, 0) is 86.6 Å². The Morgan fingerprint density at radius 1 is 0.585 bits per heavy atom. The maximum absolute atomic E-state index is 14.5. The number of aryl methyl sites for hydroxylation is 2. The number of methoxy groups -OCH3 is 1. The van der Waals surface area contributed by atoms with Crippen molar-refractivity contribution in [2.45, 2.75) is 13.8 Å². The summed E-state index contributed by atoms with van der Waals surface area (Å²) in [6.07, 6.45) is 0. The Labute approximate surface area is 306 Å². The van der Waals surface area contributed by atoms with Crippen molar-refractivity contribution in [1.82, 2.24) is 39.0 Å². The fourth-order valence-corrected chi connectivity index (χ4v) is 5.67. The zero-order valence-corrected chi connectivity index (χ0v) is 29.3. The van der Waals surface area contributed by atoms with Gasteiger partial charge in [-0.1, -0.05) is 35.9 Å². The summed E-state index contributed by atoms with van der Waals surface area (Å²) in [5.41, 5.74) is 16.1. The van der Waals surface area contributed by atoms with Crippen LogP contribution in [0.1, 0.15) is 11.6 Å². The van der Waals surface area contributed by atoms with Crippen LogP contribution in [-0.4, -0.2) is 46.1 Å². The van der Waals surface area contributed by atoms with Gasteiger partial charge in [-0.15, -0.1) is 0 Å². The van der Waals surface area contributed by atoms with E-state index in [4.69, 9.17) is 27.8 Å². The third-order valence-electron chi connectivity index (χ3n) is 8.05. The van der Waals surface area contributed by atoms with Crippen molar-refractivity contribution in [2.24, 2.45) is 0 Å². The van der Waals surface area contributed by atoms with Crippen molar-refractivity contribution in [3.05, 3.63) is 125 Å². The molecular weight excluding hydrogens is 702 g/mol. The molecule has 0 radical (unpaired) electrons. The Kier molecular flexibility index (Phi) is 9.39. The second-order valence-corrected chi connectivity index (χ2v) is 12.0. The number of nitrogens with one attached hydrogen (secondary N) is 2. The Morgan fingerprint density at radius 3 is 1.43 bits per heavy atom. The molecule has 0 unspecified atom stereocenters. The summed E-state index contributed by atoms with van der Waals surface area (Å²) in [6.45, 7) is 3.66. The topological polar surface area (TPSA) is 173 Å². The third-order valence-corrected chi connectivity index (χ3v) is 8.30. The molecule has 0 saturated heterocycles. The molecule has 4 aromatic heterocycles. The summed E-state index contributed by atoms with van der Waals surface area (Å²) in [7, 11) is 1.58. The lowest BCUT2D eigenvalue weighted by molar-refractivity contribution is 0.415. The number of nitrogen functional groups attached to an aromatic ring is 2. The number of para-hydroxylation sites is 4. The summed E-state index contributed by atoms with van der Waals surface area (Å²) >= 11 is 5.88. The standard InChI is InChI=1S/C19H17FN6O.C18H14ClFN6/c1-11-22-14-5-3-4-6-15(14)26(11)19-24-17(21)16(20)18(25-19)23-12-7-9-13(27-2)10-8-12;1-10-22-13-4-2-3-5-14(13)26(10)18-24-16(21)15(20)17(25-18)23-12-8-6-11(19)7-9-12/h3-10H,1-2H3,(H3,21,23,24,25);2-9H,1H3,(H3,21,23,24,25). The highest BCUT2D eigenvalue weighted by atomic mass is 35.5. The van der Waals surface area contributed by atoms with E-state index in [1.54, 1.807) is 64.8 Å². The second kappa shape index (κ2) is 14.4. The van der Waals surface area contributed by atoms with Crippen LogP contribution in [0.5, 0.6) is 5.75 Å². The van der Waals surface area contributed by atoms with Gasteiger partial charge in [0, 0.05) is 16.4 Å². The van der Waals surface area contributed by atoms with E-state index >= 15 is 0 Å². The zero-order valence-electron chi connectivity index (χ0n) is 28.5. The number of anilines is 6. The Balaban J connectivity index is 0.000000164. The minimum atomic E-state index is -0.717. The van der Waals surface area contributed by atoms with E-state index in [9.17, 15) is 8.78 Å². The summed E-state index contributed by atoms with van der Waals surface area (Å²) < 4.78 is 37.5. The van der Waals surface area contributed by atoms with Gasteiger partial charge in [0.05, 0.1) is 29.2 Å².